The lowest BCUT2D eigenvalue weighted by molar-refractivity contribution is -0.123. The summed E-state index contributed by atoms with van der Waals surface area (Å²) < 4.78 is 0. The van der Waals surface area contributed by atoms with Gasteiger partial charge in [-0.25, -0.2) is 0 Å². The normalized spacial score (nSPS) is 14.0. The van der Waals surface area contributed by atoms with E-state index in [9.17, 15) is 4.79 Å². The van der Waals surface area contributed by atoms with Gasteiger partial charge in [0.15, 0.2) is 0 Å². The summed E-state index contributed by atoms with van der Waals surface area (Å²) in [5.41, 5.74) is 1.16. The van der Waals surface area contributed by atoms with E-state index >= 15 is 0 Å². The van der Waals surface area contributed by atoms with Crippen LogP contribution in [0.1, 0.15) is 38.8 Å². The van der Waals surface area contributed by atoms with E-state index in [1.54, 1.807) is 0 Å². The first-order valence-corrected chi connectivity index (χ1v) is 8.00. The predicted octanol–water partition coefficient (Wildman–Crippen LogP) is 3.75. The van der Waals surface area contributed by atoms with Crippen molar-refractivity contribution in [2.24, 2.45) is 0 Å². The molecule has 0 spiro atoms. The van der Waals surface area contributed by atoms with Gasteiger partial charge in [0.25, 0.3) is 0 Å². The molecule has 1 N–H and O–H groups in total. The lowest BCUT2D eigenvalue weighted by atomic mass is 10.00. The summed E-state index contributed by atoms with van der Waals surface area (Å²) in [6, 6.07) is 14.9. The lowest BCUT2D eigenvalue weighted by Crippen LogP contribution is -2.40. The van der Waals surface area contributed by atoms with Crippen LogP contribution in [0.2, 0.25) is 0 Å². The van der Waals surface area contributed by atoms with Gasteiger partial charge in [-0.15, -0.1) is 0 Å². The minimum atomic E-state index is 0.00364. The van der Waals surface area contributed by atoms with E-state index in [1.807, 2.05) is 32.2 Å². The van der Waals surface area contributed by atoms with Crippen molar-refractivity contribution in [1.29, 1.82) is 0 Å². The molecule has 2 aromatic carbocycles. The minimum Gasteiger partial charge on any atom is -0.348 e. The van der Waals surface area contributed by atoms with Crippen LogP contribution < -0.4 is 5.32 Å². The largest absolute Gasteiger partial charge is 0.348 e. The molecule has 2 atom stereocenters. The second-order valence-electron chi connectivity index (χ2n) is 6.03. The summed E-state index contributed by atoms with van der Waals surface area (Å²) in [4.78, 5) is 14.3. The van der Waals surface area contributed by atoms with Crippen LogP contribution in [0.3, 0.4) is 0 Å². The Morgan fingerprint density at radius 1 is 1.14 bits per heavy atom. The zero-order valence-electron chi connectivity index (χ0n) is 14.0. The Balaban J connectivity index is 2.08. The molecule has 3 nitrogen and oxygen atoms in total. The first kappa shape index (κ1) is 16.5. The fourth-order valence-corrected chi connectivity index (χ4v) is 2.69. The van der Waals surface area contributed by atoms with Gasteiger partial charge in [-0.05, 0) is 43.7 Å². The van der Waals surface area contributed by atoms with Gasteiger partial charge in [-0.1, -0.05) is 49.4 Å². The molecule has 0 bridgehead atoms. The molecule has 2 unspecified atom stereocenters. The number of benzene rings is 2. The highest BCUT2D eigenvalue weighted by Crippen LogP contribution is 2.23. The van der Waals surface area contributed by atoms with E-state index in [0.29, 0.717) is 12.6 Å². The zero-order valence-corrected chi connectivity index (χ0v) is 14.0. The van der Waals surface area contributed by atoms with Crippen LogP contribution in [0.25, 0.3) is 10.8 Å². The molecular formula is C19H26N2O. The summed E-state index contributed by atoms with van der Waals surface area (Å²) in [6.07, 6.45) is 1.04. The topological polar surface area (TPSA) is 32.3 Å². The van der Waals surface area contributed by atoms with Crippen molar-refractivity contribution in [2.75, 3.05) is 13.6 Å². The molecule has 0 fully saturated rings. The smallest absolute Gasteiger partial charge is 0.234 e. The van der Waals surface area contributed by atoms with Crippen molar-refractivity contribution in [2.45, 2.75) is 39.3 Å². The summed E-state index contributed by atoms with van der Waals surface area (Å²) in [7, 11) is 2.00. The van der Waals surface area contributed by atoms with Crippen molar-refractivity contribution in [3.05, 3.63) is 48.0 Å². The molecule has 0 heterocycles. The van der Waals surface area contributed by atoms with Crippen molar-refractivity contribution < 1.29 is 4.79 Å². The standard InChI is InChI=1S/C19H26N2O/c1-5-14(2)21(4)13-19(22)20-15(3)17-12-8-10-16-9-6-7-11-18(16)17/h6-12,14-15H,5,13H2,1-4H3,(H,20,22). The molecule has 1 amide bonds. The molecule has 0 saturated carbocycles. The molecule has 0 aliphatic heterocycles. The van der Waals surface area contributed by atoms with Crippen molar-refractivity contribution in [1.82, 2.24) is 10.2 Å². The first-order valence-electron chi connectivity index (χ1n) is 8.00. The van der Waals surface area contributed by atoms with Crippen LogP contribution >= 0.6 is 0 Å². The Kier molecular flexibility index (Phi) is 5.56. The molecular weight excluding hydrogens is 272 g/mol. The third-order valence-electron chi connectivity index (χ3n) is 4.40. The lowest BCUT2D eigenvalue weighted by Gasteiger charge is -2.24. The number of fused-ring (bicyclic) bond motifs is 1. The van der Waals surface area contributed by atoms with Crippen LogP contribution in [0, 0.1) is 0 Å². The van der Waals surface area contributed by atoms with Crippen molar-refractivity contribution in [3.8, 4) is 0 Å². The highest BCUT2D eigenvalue weighted by molar-refractivity contribution is 5.87. The van der Waals surface area contributed by atoms with Gasteiger partial charge < -0.3 is 5.32 Å². The number of nitrogens with one attached hydrogen (secondary N) is 1. The summed E-state index contributed by atoms with van der Waals surface area (Å²) in [6.45, 7) is 6.76. The van der Waals surface area contributed by atoms with Gasteiger partial charge in [0, 0.05) is 6.04 Å². The van der Waals surface area contributed by atoms with E-state index in [2.05, 4.69) is 48.3 Å². The van der Waals surface area contributed by atoms with E-state index < -0.39 is 0 Å². The van der Waals surface area contributed by atoms with Crippen LogP contribution in [-0.2, 0) is 4.79 Å². The maximum atomic E-state index is 12.2. The Morgan fingerprint density at radius 2 is 1.82 bits per heavy atom. The second kappa shape index (κ2) is 7.41. The van der Waals surface area contributed by atoms with Gasteiger partial charge >= 0.3 is 0 Å². The molecule has 0 radical (unpaired) electrons. The number of hydrogen-bond donors (Lipinski definition) is 1. The van der Waals surface area contributed by atoms with Gasteiger partial charge in [-0.3, -0.25) is 9.69 Å². The van der Waals surface area contributed by atoms with Crippen LogP contribution in [0.4, 0.5) is 0 Å². The number of nitrogens with zero attached hydrogens (tertiary/aromatic N) is 1. The van der Waals surface area contributed by atoms with Crippen LogP contribution in [0.15, 0.2) is 42.5 Å². The van der Waals surface area contributed by atoms with Crippen LogP contribution in [0.5, 0.6) is 0 Å². The highest BCUT2D eigenvalue weighted by Gasteiger charge is 2.15. The van der Waals surface area contributed by atoms with Crippen LogP contribution in [-0.4, -0.2) is 30.4 Å². The predicted molar refractivity (Wildman–Crippen MR) is 92.9 cm³/mol. The summed E-state index contributed by atoms with van der Waals surface area (Å²) in [5.74, 6) is 0.0724. The Labute approximate surface area is 133 Å². The van der Waals surface area contributed by atoms with E-state index in [-0.39, 0.29) is 11.9 Å². The average molecular weight is 298 g/mol. The minimum absolute atomic E-state index is 0.00364. The van der Waals surface area contributed by atoms with E-state index in [4.69, 9.17) is 0 Å². The third kappa shape index (κ3) is 3.86. The molecule has 0 saturated heterocycles. The Hall–Kier alpha value is -1.87. The number of rotatable bonds is 6. The average Bonchev–Trinajstić information content (AvgIpc) is 2.53. The SMILES string of the molecule is CCC(C)N(C)CC(=O)NC(C)c1cccc2ccccc12. The van der Waals surface area contributed by atoms with E-state index in [1.165, 1.54) is 10.8 Å². The van der Waals surface area contributed by atoms with Gasteiger partial charge in [-0.2, -0.15) is 0 Å². The van der Waals surface area contributed by atoms with Crippen molar-refractivity contribution in [3.63, 3.8) is 0 Å². The number of hydrogen-bond acceptors (Lipinski definition) is 2. The molecule has 0 aliphatic rings. The summed E-state index contributed by atoms with van der Waals surface area (Å²) in [5, 5.41) is 5.53. The second-order valence-corrected chi connectivity index (χ2v) is 6.03. The maximum absolute atomic E-state index is 12.2. The quantitative estimate of drug-likeness (QED) is 0.881. The Morgan fingerprint density at radius 3 is 2.55 bits per heavy atom. The Bertz CT molecular complexity index is 633. The highest BCUT2D eigenvalue weighted by atomic mass is 16.2. The van der Waals surface area contributed by atoms with E-state index in [0.717, 1.165) is 12.0 Å². The van der Waals surface area contributed by atoms with Gasteiger partial charge in [0.05, 0.1) is 12.6 Å². The molecule has 2 rings (SSSR count). The number of amides is 1. The fourth-order valence-electron chi connectivity index (χ4n) is 2.69. The fraction of sp³-hybridized carbons (Fsp3) is 0.421. The first-order chi connectivity index (χ1) is 10.5. The third-order valence-corrected chi connectivity index (χ3v) is 4.40. The monoisotopic (exact) mass is 298 g/mol. The van der Waals surface area contributed by atoms with Crippen molar-refractivity contribution >= 4 is 16.7 Å². The molecule has 0 aromatic heterocycles. The van der Waals surface area contributed by atoms with Gasteiger partial charge in [0.2, 0.25) is 5.91 Å². The number of carbonyl (C=O) groups excluding carboxylic acids is 1. The number of carbonyl (C=O) groups is 1. The summed E-state index contributed by atoms with van der Waals surface area (Å²) >= 11 is 0. The zero-order chi connectivity index (χ0) is 16.1. The molecule has 2 aromatic rings. The molecule has 118 valence electrons. The molecule has 22 heavy (non-hydrogen) atoms. The number of likely N-dealkylation sites (N-methyl/N-ethyl adjacent to an activating group) is 1. The van der Waals surface area contributed by atoms with Gasteiger partial charge in [0.1, 0.15) is 0 Å². The molecule has 0 aliphatic carbocycles. The maximum Gasteiger partial charge on any atom is 0.234 e. The molecule has 3 heteroatoms.